The summed E-state index contributed by atoms with van der Waals surface area (Å²) in [6.07, 6.45) is 8.53. The van der Waals surface area contributed by atoms with Gasteiger partial charge >= 0.3 is 0 Å². The van der Waals surface area contributed by atoms with E-state index in [9.17, 15) is 0 Å². The average molecular weight is 149 g/mol. The third-order valence-electron chi connectivity index (χ3n) is 2.59. The minimum atomic E-state index is 0.782. The fourth-order valence-electron chi connectivity index (χ4n) is 1.84. The third kappa shape index (κ3) is 1.32. The van der Waals surface area contributed by atoms with Crippen LogP contribution in [0.3, 0.4) is 0 Å². The van der Waals surface area contributed by atoms with Crippen LogP contribution >= 0.6 is 0 Å². The highest BCUT2D eigenvalue weighted by Crippen LogP contribution is 2.41. The molecule has 1 fully saturated rings. The molecule has 1 aliphatic rings. The van der Waals surface area contributed by atoms with Crippen molar-refractivity contribution >= 4 is 0 Å². The monoisotopic (exact) mass is 149 g/mol. The summed E-state index contributed by atoms with van der Waals surface area (Å²) < 4.78 is 2.36. The highest BCUT2D eigenvalue weighted by molar-refractivity contribution is 4.96. The van der Waals surface area contributed by atoms with Gasteiger partial charge in [0.15, 0.2) is 0 Å². The molecule has 1 aromatic heterocycles. The molecule has 1 unspecified atom stereocenters. The zero-order valence-electron chi connectivity index (χ0n) is 7.03. The summed E-state index contributed by atoms with van der Waals surface area (Å²) in [5.41, 5.74) is 0. The van der Waals surface area contributed by atoms with Crippen LogP contribution in [-0.4, -0.2) is 4.57 Å². The van der Waals surface area contributed by atoms with E-state index in [2.05, 4.69) is 36.0 Å². The van der Waals surface area contributed by atoms with Crippen molar-refractivity contribution in [3.63, 3.8) is 0 Å². The van der Waals surface area contributed by atoms with Crippen LogP contribution in [0.2, 0.25) is 0 Å². The Hall–Kier alpha value is -0.720. The molecule has 2 rings (SSSR count). The normalized spacial score (nSPS) is 20.1. The van der Waals surface area contributed by atoms with Crippen molar-refractivity contribution in [2.75, 3.05) is 0 Å². The predicted octanol–water partition coefficient (Wildman–Crippen LogP) is 2.85. The van der Waals surface area contributed by atoms with Crippen LogP contribution in [0.25, 0.3) is 0 Å². The lowest BCUT2D eigenvalue weighted by atomic mass is 10.1. The molecule has 0 amide bonds. The van der Waals surface area contributed by atoms with E-state index in [1.807, 2.05) is 0 Å². The molecule has 0 aromatic carbocycles. The number of nitrogens with zero attached hydrogens (tertiary/aromatic N) is 1. The third-order valence-corrected chi connectivity index (χ3v) is 2.59. The van der Waals surface area contributed by atoms with Gasteiger partial charge in [-0.3, -0.25) is 0 Å². The second-order valence-corrected chi connectivity index (χ2v) is 3.44. The second-order valence-electron chi connectivity index (χ2n) is 3.44. The van der Waals surface area contributed by atoms with Gasteiger partial charge in [0.25, 0.3) is 0 Å². The summed E-state index contributed by atoms with van der Waals surface area (Å²) in [6, 6.07) is 5.01. The first-order chi connectivity index (χ1) is 5.42. The van der Waals surface area contributed by atoms with Gasteiger partial charge in [0.2, 0.25) is 0 Å². The van der Waals surface area contributed by atoms with E-state index >= 15 is 0 Å². The summed E-state index contributed by atoms with van der Waals surface area (Å²) in [5.74, 6) is 0.979. The summed E-state index contributed by atoms with van der Waals surface area (Å²) in [7, 11) is 0. The van der Waals surface area contributed by atoms with Crippen molar-refractivity contribution in [1.82, 2.24) is 4.57 Å². The van der Waals surface area contributed by atoms with E-state index in [1.165, 1.54) is 19.3 Å². The van der Waals surface area contributed by atoms with Gasteiger partial charge in [0.05, 0.1) is 0 Å². The maximum atomic E-state index is 2.36. The van der Waals surface area contributed by atoms with Crippen LogP contribution < -0.4 is 0 Å². The zero-order chi connectivity index (χ0) is 7.68. The van der Waals surface area contributed by atoms with Gasteiger partial charge in [-0.15, -0.1) is 0 Å². The molecule has 1 heteroatoms. The van der Waals surface area contributed by atoms with Gasteiger partial charge in [0, 0.05) is 18.4 Å². The zero-order valence-corrected chi connectivity index (χ0v) is 7.03. The van der Waals surface area contributed by atoms with Crippen LogP contribution in [-0.2, 0) is 0 Å². The summed E-state index contributed by atoms with van der Waals surface area (Å²) in [4.78, 5) is 0. The molecule has 0 radical (unpaired) electrons. The Bertz CT molecular complexity index is 209. The minimum Gasteiger partial charge on any atom is -0.351 e. The fourth-order valence-corrected chi connectivity index (χ4v) is 1.84. The van der Waals surface area contributed by atoms with E-state index in [0.29, 0.717) is 0 Å². The van der Waals surface area contributed by atoms with Crippen molar-refractivity contribution in [3.8, 4) is 0 Å². The standard InChI is InChI=1S/C10H15N/c1-2-10(9-5-6-9)11-7-3-4-8-11/h3-4,7-10H,2,5-6H2,1H3. The first-order valence-electron chi connectivity index (χ1n) is 4.54. The van der Waals surface area contributed by atoms with Crippen molar-refractivity contribution in [3.05, 3.63) is 24.5 Å². The topological polar surface area (TPSA) is 4.93 Å². The molecule has 0 bridgehead atoms. The molecular weight excluding hydrogens is 134 g/mol. The SMILES string of the molecule is CCC(C1CC1)n1cccc1. The van der Waals surface area contributed by atoms with Crippen LogP contribution in [0.15, 0.2) is 24.5 Å². The smallest absolute Gasteiger partial charge is 0.0356 e. The molecule has 60 valence electrons. The van der Waals surface area contributed by atoms with E-state index in [-0.39, 0.29) is 0 Å². The molecule has 1 heterocycles. The summed E-state index contributed by atoms with van der Waals surface area (Å²) in [6.45, 7) is 2.28. The predicted molar refractivity (Wildman–Crippen MR) is 46.5 cm³/mol. The average Bonchev–Trinajstić information content (AvgIpc) is 2.68. The molecule has 0 saturated heterocycles. The van der Waals surface area contributed by atoms with Gasteiger partial charge in [-0.2, -0.15) is 0 Å². The fraction of sp³-hybridized carbons (Fsp3) is 0.600. The van der Waals surface area contributed by atoms with E-state index in [4.69, 9.17) is 0 Å². The highest BCUT2D eigenvalue weighted by Gasteiger charge is 2.30. The van der Waals surface area contributed by atoms with Crippen molar-refractivity contribution in [2.24, 2.45) is 5.92 Å². The first kappa shape index (κ1) is 6.96. The molecule has 1 saturated carbocycles. The molecule has 1 aromatic rings. The number of rotatable bonds is 3. The van der Waals surface area contributed by atoms with Gasteiger partial charge < -0.3 is 4.57 Å². The summed E-state index contributed by atoms with van der Waals surface area (Å²) >= 11 is 0. The number of aromatic nitrogens is 1. The van der Waals surface area contributed by atoms with Crippen LogP contribution in [0.1, 0.15) is 32.2 Å². The number of hydrogen-bond acceptors (Lipinski definition) is 0. The van der Waals surface area contributed by atoms with Crippen LogP contribution in [0, 0.1) is 5.92 Å². The Morgan fingerprint density at radius 3 is 2.45 bits per heavy atom. The summed E-state index contributed by atoms with van der Waals surface area (Å²) in [5, 5.41) is 0. The van der Waals surface area contributed by atoms with Gasteiger partial charge in [-0.05, 0) is 37.3 Å². The van der Waals surface area contributed by atoms with Gasteiger partial charge in [-0.25, -0.2) is 0 Å². The maximum Gasteiger partial charge on any atom is 0.0356 e. The Morgan fingerprint density at radius 2 is 2.00 bits per heavy atom. The quantitative estimate of drug-likeness (QED) is 0.622. The van der Waals surface area contributed by atoms with Crippen LogP contribution in [0.4, 0.5) is 0 Å². The molecule has 1 nitrogen and oxygen atoms in total. The molecule has 0 spiro atoms. The van der Waals surface area contributed by atoms with Crippen LogP contribution in [0.5, 0.6) is 0 Å². The van der Waals surface area contributed by atoms with E-state index < -0.39 is 0 Å². The van der Waals surface area contributed by atoms with E-state index in [1.54, 1.807) is 0 Å². The molecule has 0 N–H and O–H groups in total. The van der Waals surface area contributed by atoms with Gasteiger partial charge in [-0.1, -0.05) is 6.92 Å². The first-order valence-corrected chi connectivity index (χ1v) is 4.54. The largest absolute Gasteiger partial charge is 0.351 e. The lowest BCUT2D eigenvalue weighted by Gasteiger charge is -2.15. The Labute approximate surface area is 68.0 Å². The highest BCUT2D eigenvalue weighted by atomic mass is 15.0. The van der Waals surface area contributed by atoms with Gasteiger partial charge in [0.1, 0.15) is 0 Å². The van der Waals surface area contributed by atoms with Crippen molar-refractivity contribution in [1.29, 1.82) is 0 Å². The van der Waals surface area contributed by atoms with E-state index in [0.717, 1.165) is 12.0 Å². The minimum absolute atomic E-state index is 0.782. The Balaban J connectivity index is 2.11. The molecule has 1 atom stereocenters. The maximum absolute atomic E-state index is 2.36. The number of hydrogen-bond donors (Lipinski definition) is 0. The molecule has 1 aliphatic carbocycles. The molecule has 0 aliphatic heterocycles. The van der Waals surface area contributed by atoms with Crippen molar-refractivity contribution < 1.29 is 0 Å². The molecule has 11 heavy (non-hydrogen) atoms. The lowest BCUT2D eigenvalue weighted by Crippen LogP contribution is -2.07. The molecular formula is C10H15N. The Kier molecular flexibility index (Phi) is 1.72. The lowest BCUT2D eigenvalue weighted by molar-refractivity contribution is 0.433. The second kappa shape index (κ2) is 2.72. The Morgan fingerprint density at radius 1 is 1.36 bits per heavy atom. The van der Waals surface area contributed by atoms with Crippen molar-refractivity contribution in [2.45, 2.75) is 32.2 Å².